The fourth-order valence-corrected chi connectivity index (χ4v) is 5.06. The molecule has 0 spiro atoms. The molecule has 1 saturated heterocycles. The van der Waals surface area contributed by atoms with E-state index < -0.39 is 47.9 Å². The summed E-state index contributed by atoms with van der Waals surface area (Å²) in [5.74, 6) is -2.20. The normalized spacial score (nSPS) is 18.0. The van der Waals surface area contributed by atoms with Crippen LogP contribution in [-0.4, -0.2) is 69.4 Å². The van der Waals surface area contributed by atoms with Gasteiger partial charge in [0, 0.05) is 23.6 Å². The van der Waals surface area contributed by atoms with Crippen LogP contribution in [0.4, 0.5) is 0 Å². The Morgan fingerprint density at radius 2 is 1.66 bits per heavy atom. The number of likely N-dealkylation sites (tertiary alicyclic amines) is 1. The third kappa shape index (κ3) is 7.34. The Kier molecular flexibility index (Phi) is 9.90. The lowest BCUT2D eigenvalue weighted by Gasteiger charge is -2.30. The molecule has 1 aromatic heterocycles. The van der Waals surface area contributed by atoms with Crippen molar-refractivity contribution in [1.29, 1.82) is 0 Å². The first kappa shape index (κ1) is 29.2. The average Bonchev–Trinajstić information content (AvgIpc) is 3.50. The van der Waals surface area contributed by atoms with Crippen LogP contribution < -0.4 is 16.4 Å². The first-order valence-electron chi connectivity index (χ1n) is 13.4. The number of aromatic nitrogens is 1. The van der Waals surface area contributed by atoms with Crippen molar-refractivity contribution in [3.05, 3.63) is 36.0 Å². The predicted octanol–water partition coefficient (Wildman–Crippen LogP) is 2.18. The Morgan fingerprint density at radius 3 is 2.32 bits per heavy atom. The number of aromatic amines is 1. The number of hydrogen-bond acceptors (Lipinski definition) is 5. The molecule has 0 bridgehead atoms. The molecule has 6 N–H and O–H groups in total. The first-order chi connectivity index (χ1) is 18.0. The molecule has 208 valence electrons. The Balaban J connectivity index is 1.71. The second-order valence-electron chi connectivity index (χ2n) is 11.1. The zero-order valence-corrected chi connectivity index (χ0v) is 22.7. The van der Waals surface area contributed by atoms with E-state index in [2.05, 4.69) is 15.6 Å². The van der Waals surface area contributed by atoms with Gasteiger partial charge in [0.2, 0.25) is 17.7 Å². The summed E-state index contributed by atoms with van der Waals surface area (Å²) in [6, 6.07) is 4.23. The van der Waals surface area contributed by atoms with Crippen LogP contribution in [0.5, 0.6) is 0 Å². The minimum Gasteiger partial charge on any atom is -0.480 e. The van der Waals surface area contributed by atoms with E-state index in [4.69, 9.17) is 5.73 Å². The molecular weight excluding hydrogens is 486 g/mol. The number of carboxylic acid groups (broad SMARTS) is 1. The van der Waals surface area contributed by atoms with Crippen LogP contribution in [0.2, 0.25) is 0 Å². The molecule has 1 fully saturated rings. The summed E-state index contributed by atoms with van der Waals surface area (Å²) in [5.41, 5.74) is 8.11. The third-order valence-corrected chi connectivity index (χ3v) is 6.93. The van der Waals surface area contributed by atoms with E-state index in [0.29, 0.717) is 38.6 Å². The van der Waals surface area contributed by atoms with Crippen molar-refractivity contribution in [1.82, 2.24) is 20.5 Å². The zero-order valence-electron chi connectivity index (χ0n) is 22.7. The van der Waals surface area contributed by atoms with Crippen molar-refractivity contribution in [3.8, 4) is 0 Å². The van der Waals surface area contributed by atoms with Gasteiger partial charge < -0.3 is 31.4 Å². The van der Waals surface area contributed by atoms with Gasteiger partial charge in [-0.1, -0.05) is 45.9 Å². The van der Waals surface area contributed by atoms with Crippen LogP contribution in [0.1, 0.15) is 58.9 Å². The maximum absolute atomic E-state index is 13.4. The van der Waals surface area contributed by atoms with Gasteiger partial charge in [-0.05, 0) is 55.6 Å². The molecule has 1 aliphatic rings. The molecule has 10 nitrogen and oxygen atoms in total. The van der Waals surface area contributed by atoms with Crippen LogP contribution in [0, 0.1) is 11.8 Å². The van der Waals surface area contributed by atoms with Gasteiger partial charge in [-0.3, -0.25) is 14.4 Å². The predicted molar refractivity (Wildman–Crippen MR) is 145 cm³/mol. The number of H-pyrrole nitrogens is 1. The van der Waals surface area contributed by atoms with Crippen LogP contribution in [-0.2, 0) is 25.6 Å². The number of nitrogens with two attached hydrogens (primary N) is 1. The summed E-state index contributed by atoms with van der Waals surface area (Å²) >= 11 is 0. The van der Waals surface area contributed by atoms with Crippen molar-refractivity contribution >= 4 is 34.6 Å². The van der Waals surface area contributed by atoms with Crippen LogP contribution >= 0.6 is 0 Å². The van der Waals surface area contributed by atoms with Gasteiger partial charge in [0.1, 0.15) is 18.1 Å². The van der Waals surface area contributed by atoms with Gasteiger partial charge in [0.25, 0.3) is 0 Å². The molecule has 0 radical (unpaired) electrons. The first-order valence-corrected chi connectivity index (χ1v) is 13.4. The monoisotopic (exact) mass is 527 g/mol. The molecule has 1 aromatic carbocycles. The quantitative estimate of drug-likeness (QED) is 0.285. The van der Waals surface area contributed by atoms with Crippen LogP contribution in [0.25, 0.3) is 10.9 Å². The number of nitrogens with one attached hydrogen (secondary N) is 3. The Labute approximate surface area is 223 Å². The minimum absolute atomic E-state index is 0.0814. The fraction of sp³-hybridized carbons (Fsp3) is 0.571. The Bertz CT molecular complexity index is 1140. The summed E-state index contributed by atoms with van der Waals surface area (Å²) in [6.45, 7) is 8.09. The van der Waals surface area contributed by atoms with E-state index in [0.717, 1.165) is 16.5 Å². The molecule has 10 heteroatoms. The number of benzene rings is 1. The third-order valence-electron chi connectivity index (χ3n) is 6.93. The SMILES string of the molecule is CC(C)CC(NC(=O)C(N)Cc1c[nH]c2ccccc12)C(=O)NC(CC(C)C)C(=O)N1CCCC1C(=O)O. The lowest BCUT2D eigenvalue weighted by Crippen LogP contribution is -2.57. The molecule has 3 rings (SSSR count). The molecule has 38 heavy (non-hydrogen) atoms. The summed E-state index contributed by atoms with van der Waals surface area (Å²) in [5, 5.41) is 16.1. The maximum atomic E-state index is 13.4. The zero-order chi connectivity index (χ0) is 28.0. The Hall–Kier alpha value is -3.40. The number of carboxylic acids is 1. The van der Waals surface area contributed by atoms with Gasteiger partial charge >= 0.3 is 5.97 Å². The second kappa shape index (κ2) is 12.9. The van der Waals surface area contributed by atoms with Crippen molar-refractivity contribution in [2.75, 3.05) is 6.54 Å². The van der Waals surface area contributed by atoms with Gasteiger partial charge in [-0.25, -0.2) is 4.79 Å². The summed E-state index contributed by atoms with van der Waals surface area (Å²) in [6.07, 6.45) is 3.85. The topological polar surface area (TPSA) is 158 Å². The number of para-hydroxylation sites is 1. The van der Waals surface area contributed by atoms with Crippen LogP contribution in [0.3, 0.4) is 0 Å². The Morgan fingerprint density at radius 1 is 1.03 bits per heavy atom. The molecule has 4 atom stereocenters. The van der Waals surface area contributed by atoms with Crippen molar-refractivity contribution in [2.24, 2.45) is 17.6 Å². The number of rotatable bonds is 12. The molecule has 2 aromatic rings. The van der Waals surface area contributed by atoms with Crippen molar-refractivity contribution in [2.45, 2.75) is 84.0 Å². The van der Waals surface area contributed by atoms with Crippen molar-refractivity contribution < 1.29 is 24.3 Å². The number of aliphatic carboxylic acids is 1. The van der Waals surface area contributed by atoms with E-state index in [1.165, 1.54) is 4.90 Å². The van der Waals surface area contributed by atoms with Gasteiger partial charge in [-0.2, -0.15) is 0 Å². The molecule has 3 amide bonds. The molecular formula is C28H41N5O5. The lowest BCUT2D eigenvalue weighted by molar-refractivity contribution is -0.149. The van der Waals surface area contributed by atoms with Gasteiger partial charge in [0.05, 0.1) is 6.04 Å². The number of carbonyl (C=O) groups is 4. The number of fused-ring (bicyclic) bond motifs is 1. The lowest BCUT2D eigenvalue weighted by atomic mass is 9.99. The van der Waals surface area contributed by atoms with Gasteiger partial charge in [0.15, 0.2) is 0 Å². The molecule has 1 aliphatic heterocycles. The van der Waals surface area contributed by atoms with E-state index >= 15 is 0 Å². The summed E-state index contributed by atoms with van der Waals surface area (Å²) < 4.78 is 0. The maximum Gasteiger partial charge on any atom is 0.326 e. The number of carbonyl (C=O) groups excluding carboxylic acids is 3. The summed E-state index contributed by atoms with van der Waals surface area (Å²) in [4.78, 5) is 56.0. The largest absolute Gasteiger partial charge is 0.480 e. The number of amides is 3. The standard InChI is InChI=1S/C28H41N5O5/c1-16(2)12-22(31-25(34)20(29)14-18-15-30-21-9-6-5-8-19(18)21)26(35)32-23(13-17(3)4)27(36)33-11-7-10-24(33)28(37)38/h5-6,8-9,15-17,20,22-24,30H,7,10-14,29H2,1-4H3,(H,31,34)(H,32,35)(H,37,38). The highest BCUT2D eigenvalue weighted by Crippen LogP contribution is 2.21. The van der Waals surface area contributed by atoms with E-state index in [1.54, 1.807) is 0 Å². The average molecular weight is 528 g/mol. The van der Waals surface area contributed by atoms with E-state index in [-0.39, 0.29) is 11.8 Å². The number of nitrogens with zero attached hydrogens (tertiary/aromatic N) is 1. The molecule has 2 heterocycles. The van der Waals surface area contributed by atoms with Gasteiger partial charge in [-0.15, -0.1) is 0 Å². The molecule has 0 saturated carbocycles. The smallest absolute Gasteiger partial charge is 0.326 e. The highest BCUT2D eigenvalue weighted by Gasteiger charge is 2.38. The molecule has 4 unspecified atom stereocenters. The number of hydrogen-bond donors (Lipinski definition) is 5. The minimum atomic E-state index is -1.04. The van der Waals surface area contributed by atoms with Crippen molar-refractivity contribution in [3.63, 3.8) is 0 Å². The molecule has 0 aliphatic carbocycles. The van der Waals surface area contributed by atoms with Crippen LogP contribution in [0.15, 0.2) is 30.5 Å². The summed E-state index contributed by atoms with van der Waals surface area (Å²) in [7, 11) is 0. The highest BCUT2D eigenvalue weighted by atomic mass is 16.4. The van der Waals surface area contributed by atoms with E-state index in [9.17, 15) is 24.3 Å². The second-order valence-corrected chi connectivity index (χ2v) is 11.1. The fourth-order valence-electron chi connectivity index (χ4n) is 5.06. The van der Waals surface area contributed by atoms with E-state index in [1.807, 2.05) is 58.2 Å². The highest BCUT2D eigenvalue weighted by molar-refractivity contribution is 5.94.